The first-order valence-electron chi connectivity index (χ1n) is 4.87. The SMILES string of the molecule is Cc1cc(C(=O)NC(C)(C)C(=O)O)sc1C. The van der Waals surface area contributed by atoms with E-state index in [-0.39, 0.29) is 5.91 Å². The minimum atomic E-state index is -1.25. The van der Waals surface area contributed by atoms with Gasteiger partial charge in [-0.2, -0.15) is 0 Å². The van der Waals surface area contributed by atoms with E-state index in [1.807, 2.05) is 13.8 Å². The van der Waals surface area contributed by atoms with Gasteiger partial charge in [-0.3, -0.25) is 4.79 Å². The van der Waals surface area contributed by atoms with Gasteiger partial charge < -0.3 is 10.4 Å². The van der Waals surface area contributed by atoms with Crippen LogP contribution in [0.25, 0.3) is 0 Å². The second-order valence-corrected chi connectivity index (χ2v) is 5.49. The molecule has 1 rings (SSSR count). The Hall–Kier alpha value is -1.36. The first kappa shape index (κ1) is 12.7. The van der Waals surface area contributed by atoms with Crippen molar-refractivity contribution in [3.8, 4) is 0 Å². The fourth-order valence-corrected chi connectivity index (χ4v) is 2.01. The largest absolute Gasteiger partial charge is 0.480 e. The Labute approximate surface area is 98.3 Å². The Bertz CT molecular complexity index is 415. The highest BCUT2D eigenvalue weighted by molar-refractivity contribution is 7.14. The highest BCUT2D eigenvalue weighted by atomic mass is 32.1. The zero-order valence-electron chi connectivity index (χ0n) is 9.75. The van der Waals surface area contributed by atoms with Gasteiger partial charge in [0.05, 0.1) is 4.88 Å². The van der Waals surface area contributed by atoms with Gasteiger partial charge in [0.2, 0.25) is 0 Å². The average Bonchev–Trinajstić information content (AvgIpc) is 2.46. The maximum absolute atomic E-state index is 11.8. The summed E-state index contributed by atoms with van der Waals surface area (Å²) in [6, 6.07) is 1.77. The number of carbonyl (C=O) groups excluding carboxylic acids is 1. The third kappa shape index (κ3) is 2.61. The van der Waals surface area contributed by atoms with Crippen molar-refractivity contribution in [1.82, 2.24) is 5.32 Å². The smallest absolute Gasteiger partial charge is 0.328 e. The molecule has 0 spiro atoms. The van der Waals surface area contributed by atoms with Crippen LogP contribution < -0.4 is 5.32 Å². The summed E-state index contributed by atoms with van der Waals surface area (Å²) in [5.74, 6) is -1.39. The second kappa shape index (κ2) is 4.25. The molecule has 0 saturated carbocycles. The van der Waals surface area contributed by atoms with Crippen molar-refractivity contribution in [3.63, 3.8) is 0 Å². The number of hydrogen-bond acceptors (Lipinski definition) is 3. The van der Waals surface area contributed by atoms with Crippen LogP contribution in [-0.4, -0.2) is 22.5 Å². The van der Waals surface area contributed by atoms with Crippen LogP contribution in [0.3, 0.4) is 0 Å². The van der Waals surface area contributed by atoms with Crippen molar-refractivity contribution in [2.75, 3.05) is 0 Å². The average molecular weight is 241 g/mol. The molecule has 0 aliphatic rings. The molecule has 2 N–H and O–H groups in total. The molecule has 0 aliphatic carbocycles. The van der Waals surface area contributed by atoms with Crippen molar-refractivity contribution in [1.29, 1.82) is 0 Å². The highest BCUT2D eigenvalue weighted by Gasteiger charge is 2.29. The van der Waals surface area contributed by atoms with Crippen LogP contribution in [0.2, 0.25) is 0 Å². The molecular weight excluding hydrogens is 226 g/mol. The lowest BCUT2D eigenvalue weighted by molar-refractivity contribution is -0.143. The summed E-state index contributed by atoms with van der Waals surface area (Å²) in [5.41, 5.74) is -0.202. The molecule has 0 unspecified atom stereocenters. The third-order valence-corrected chi connectivity index (χ3v) is 3.50. The summed E-state index contributed by atoms with van der Waals surface area (Å²) in [4.78, 5) is 24.2. The van der Waals surface area contributed by atoms with Crippen LogP contribution >= 0.6 is 11.3 Å². The molecule has 0 aromatic carbocycles. The van der Waals surface area contributed by atoms with E-state index in [1.54, 1.807) is 6.07 Å². The van der Waals surface area contributed by atoms with E-state index >= 15 is 0 Å². The molecule has 88 valence electrons. The molecule has 0 aliphatic heterocycles. The summed E-state index contributed by atoms with van der Waals surface area (Å²) < 4.78 is 0. The standard InChI is InChI=1S/C11H15NO3S/c1-6-5-8(16-7(6)2)9(13)12-11(3,4)10(14)15/h5H,1-4H3,(H,12,13)(H,14,15). The summed E-state index contributed by atoms with van der Waals surface area (Å²) >= 11 is 1.37. The number of carboxylic acids is 1. The molecule has 4 nitrogen and oxygen atoms in total. The number of aliphatic carboxylic acids is 1. The minimum absolute atomic E-state index is 0.339. The fourth-order valence-electron chi connectivity index (χ4n) is 1.08. The summed E-state index contributed by atoms with van der Waals surface area (Å²) in [7, 11) is 0. The fraction of sp³-hybridized carbons (Fsp3) is 0.455. The number of amides is 1. The second-order valence-electron chi connectivity index (χ2n) is 4.23. The Morgan fingerprint density at radius 1 is 1.38 bits per heavy atom. The molecule has 0 atom stereocenters. The van der Waals surface area contributed by atoms with Crippen molar-refractivity contribution in [2.45, 2.75) is 33.2 Å². The van der Waals surface area contributed by atoms with Gasteiger partial charge in [0, 0.05) is 4.88 Å². The number of carbonyl (C=O) groups is 2. The topological polar surface area (TPSA) is 66.4 Å². The zero-order chi connectivity index (χ0) is 12.5. The maximum Gasteiger partial charge on any atom is 0.328 e. The third-order valence-electron chi connectivity index (χ3n) is 2.35. The molecule has 1 amide bonds. The van der Waals surface area contributed by atoms with E-state index in [9.17, 15) is 9.59 Å². The predicted octanol–water partition coefficient (Wildman–Crippen LogP) is 1.96. The van der Waals surface area contributed by atoms with E-state index in [2.05, 4.69) is 5.32 Å². The summed E-state index contributed by atoms with van der Waals surface area (Å²) in [6.45, 7) is 6.77. The van der Waals surface area contributed by atoms with Crippen LogP contribution in [0.5, 0.6) is 0 Å². The van der Waals surface area contributed by atoms with Crippen LogP contribution in [0, 0.1) is 13.8 Å². The Balaban J connectivity index is 2.84. The molecule has 0 radical (unpaired) electrons. The molecule has 0 fully saturated rings. The number of aryl methyl sites for hydroxylation is 2. The number of thiophene rings is 1. The first-order chi connectivity index (χ1) is 7.24. The lowest BCUT2D eigenvalue weighted by Crippen LogP contribution is -2.49. The number of carboxylic acid groups (broad SMARTS) is 1. The van der Waals surface area contributed by atoms with E-state index in [1.165, 1.54) is 25.2 Å². The van der Waals surface area contributed by atoms with Gasteiger partial charge in [-0.15, -0.1) is 11.3 Å². The van der Waals surface area contributed by atoms with Crippen molar-refractivity contribution >= 4 is 23.2 Å². The number of nitrogens with one attached hydrogen (secondary N) is 1. The van der Waals surface area contributed by atoms with Crippen LogP contribution in [0.15, 0.2) is 6.07 Å². The van der Waals surface area contributed by atoms with Crippen LogP contribution in [0.1, 0.15) is 34.0 Å². The van der Waals surface area contributed by atoms with Crippen molar-refractivity contribution < 1.29 is 14.7 Å². The van der Waals surface area contributed by atoms with Crippen molar-refractivity contribution in [2.24, 2.45) is 0 Å². The molecule has 0 bridgehead atoms. The normalized spacial score (nSPS) is 11.2. The molecule has 1 heterocycles. The van der Waals surface area contributed by atoms with Gasteiger partial charge in [0.15, 0.2) is 0 Å². The lowest BCUT2D eigenvalue weighted by Gasteiger charge is -2.20. The molecule has 16 heavy (non-hydrogen) atoms. The highest BCUT2D eigenvalue weighted by Crippen LogP contribution is 2.21. The Morgan fingerprint density at radius 2 is 1.94 bits per heavy atom. The quantitative estimate of drug-likeness (QED) is 0.850. The van der Waals surface area contributed by atoms with E-state index in [0.717, 1.165) is 10.4 Å². The summed E-state index contributed by atoms with van der Waals surface area (Å²) in [6.07, 6.45) is 0. The van der Waals surface area contributed by atoms with E-state index in [0.29, 0.717) is 4.88 Å². The number of rotatable bonds is 3. The van der Waals surface area contributed by atoms with Crippen molar-refractivity contribution in [3.05, 3.63) is 21.4 Å². The Morgan fingerprint density at radius 3 is 2.31 bits per heavy atom. The molecule has 5 heteroatoms. The minimum Gasteiger partial charge on any atom is -0.480 e. The van der Waals surface area contributed by atoms with E-state index < -0.39 is 11.5 Å². The predicted molar refractivity (Wildman–Crippen MR) is 63.0 cm³/mol. The monoisotopic (exact) mass is 241 g/mol. The summed E-state index contributed by atoms with van der Waals surface area (Å²) in [5, 5.41) is 11.4. The Kier molecular flexibility index (Phi) is 3.38. The molecular formula is C11H15NO3S. The van der Waals surface area contributed by atoms with Gasteiger partial charge in [-0.05, 0) is 39.3 Å². The van der Waals surface area contributed by atoms with E-state index in [4.69, 9.17) is 5.11 Å². The van der Waals surface area contributed by atoms with Crippen LogP contribution in [-0.2, 0) is 4.79 Å². The zero-order valence-corrected chi connectivity index (χ0v) is 10.6. The first-order valence-corrected chi connectivity index (χ1v) is 5.68. The lowest BCUT2D eigenvalue weighted by atomic mass is 10.1. The maximum atomic E-state index is 11.8. The van der Waals surface area contributed by atoms with Gasteiger partial charge in [-0.25, -0.2) is 4.79 Å². The van der Waals surface area contributed by atoms with Gasteiger partial charge >= 0.3 is 5.97 Å². The number of hydrogen-bond donors (Lipinski definition) is 2. The van der Waals surface area contributed by atoms with Gasteiger partial charge in [0.25, 0.3) is 5.91 Å². The van der Waals surface area contributed by atoms with Crippen LogP contribution in [0.4, 0.5) is 0 Å². The molecule has 0 saturated heterocycles. The van der Waals surface area contributed by atoms with Gasteiger partial charge in [-0.1, -0.05) is 0 Å². The molecule has 1 aromatic rings. The van der Waals surface area contributed by atoms with Gasteiger partial charge in [0.1, 0.15) is 5.54 Å². The molecule has 1 aromatic heterocycles.